The van der Waals surface area contributed by atoms with Gasteiger partial charge in [0.25, 0.3) is 0 Å². The molecule has 0 radical (unpaired) electrons. The van der Waals surface area contributed by atoms with Crippen LogP contribution in [0, 0.1) is 5.92 Å². The van der Waals surface area contributed by atoms with Crippen molar-refractivity contribution >= 4 is 34.5 Å². The first-order valence-electron chi connectivity index (χ1n) is 9.12. The number of amides is 2. The van der Waals surface area contributed by atoms with Gasteiger partial charge in [0.05, 0.1) is 23.5 Å². The van der Waals surface area contributed by atoms with Gasteiger partial charge in [0.2, 0.25) is 11.8 Å². The number of nitrogens with zero attached hydrogens (tertiary/aromatic N) is 3. The Morgan fingerprint density at radius 1 is 1.21 bits per heavy atom. The van der Waals surface area contributed by atoms with Crippen LogP contribution in [0.25, 0.3) is 22.5 Å². The average molecular weight is 396 g/mol. The molecule has 2 amide bonds. The largest absolute Gasteiger partial charge is 0.461 e. The minimum absolute atomic E-state index is 0.0156. The minimum Gasteiger partial charge on any atom is -0.461 e. The number of hydrogen-bond donors (Lipinski definition) is 1. The Kier molecular flexibility index (Phi) is 5.29. The summed E-state index contributed by atoms with van der Waals surface area (Å²) in [7, 11) is 0. The molecule has 0 spiro atoms. The van der Waals surface area contributed by atoms with E-state index in [1.165, 1.54) is 11.8 Å². The maximum atomic E-state index is 12.7. The highest BCUT2D eigenvalue weighted by Crippen LogP contribution is 2.29. The normalized spacial score (nSPS) is 17.0. The van der Waals surface area contributed by atoms with Gasteiger partial charge >= 0.3 is 0 Å². The van der Waals surface area contributed by atoms with Crippen molar-refractivity contribution in [2.45, 2.75) is 17.9 Å². The van der Waals surface area contributed by atoms with E-state index < -0.39 is 0 Å². The second-order valence-corrected chi connectivity index (χ2v) is 7.68. The Bertz CT molecular complexity index is 1010. The Morgan fingerprint density at radius 3 is 2.86 bits per heavy atom. The fraction of sp³-hybridized carbons (Fsp3) is 0.300. The van der Waals surface area contributed by atoms with Gasteiger partial charge in [0.15, 0.2) is 11.6 Å². The number of hydrogen-bond acceptors (Lipinski definition) is 6. The first kappa shape index (κ1) is 18.5. The van der Waals surface area contributed by atoms with Gasteiger partial charge < -0.3 is 15.1 Å². The van der Waals surface area contributed by atoms with Crippen LogP contribution in [0.1, 0.15) is 12.8 Å². The van der Waals surface area contributed by atoms with E-state index in [-0.39, 0.29) is 23.5 Å². The quantitative estimate of drug-likeness (QED) is 0.525. The van der Waals surface area contributed by atoms with Gasteiger partial charge in [-0.25, -0.2) is 9.97 Å². The highest BCUT2D eigenvalue weighted by atomic mass is 32.2. The summed E-state index contributed by atoms with van der Waals surface area (Å²) in [4.78, 5) is 35.0. The molecule has 4 rings (SSSR count). The van der Waals surface area contributed by atoms with Crippen LogP contribution in [0.3, 0.4) is 0 Å². The van der Waals surface area contributed by atoms with Crippen LogP contribution in [0.15, 0.2) is 52.1 Å². The van der Waals surface area contributed by atoms with Gasteiger partial charge in [0, 0.05) is 18.5 Å². The summed E-state index contributed by atoms with van der Waals surface area (Å²) in [5.74, 6) is 0.704. The Morgan fingerprint density at radius 2 is 2.07 bits per heavy atom. The van der Waals surface area contributed by atoms with Gasteiger partial charge in [-0.1, -0.05) is 30.0 Å². The summed E-state index contributed by atoms with van der Waals surface area (Å²) in [5, 5.41) is 1.62. The van der Waals surface area contributed by atoms with Gasteiger partial charge in [-0.15, -0.1) is 0 Å². The molecule has 0 saturated carbocycles. The van der Waals surface area contributed by atoms with Crippen LogP contribution in [0.5, 0.6) is 0 Å². The molecule has 2 N–H and O–H groups in total. The summed E-state index contributed by atoms with van der Waals surface area (Å²) in [6.07, 6.45) is 3.12. The summed E-state index contributed by atoms with van der Waals surface area (Å²) >= 11 is 1.37. The number of thioether (sulfide) groups is 1. The van der Waals surface area contributed by atoms with E-state index in [4.69, 9.17) is 10.2 Å². The van der Waals surface area contributed by atoms with Crippen molar-refractivity contribution in [3.63, 3.8) is 0 Å². The summed E-state index contributed by atoms with van der Waals surface area (Å²) in [6, 6.07) is 11.3. The van der Waals surface area contributed by atoms with E-state index in [1.807, 2.05) is 24.3 Å². The van der Waals surface area contributed by atoms with Crippen LogP contribution in [0.2, 0.25) is 0 Å². The van der Waals surface area contributed by atoms with Crippen LogP contribution in [0.4, 0.5) is 0 Å². The fourth-order valence-electron chi connectivity index (χ4n) is 3.33. The number of aromatic nitrogens is 2. The lowest BCUT2D eigenvalue weighted by atomic mass is 9.97. The molecule has 1 fully saturated rings. The number of para-hydroxylation sites is 1. The van der Waals surface area contributed by atoms with Crippen molar-refractivity contribution in [1.29, 1.82) is 0 Å². The number of likely N-dealkylation sites (tertiary alicyclic amines) is 1. The Balaban J connectivity index is 1.54. The zero-order chi connectivity index (χ0) is 19.5. The zero-order valence-corrected chi connectivity index (χ0v) is 16.0. The predicted octanol–water partition coefficient (Wildman–Crippen LogP) is 2.71. The third-order valence-electron chi connectivity index (χ3n) is 4.82. The number of benzene rings is 1. The van der Waals surface area contributed by atoms with Crippen molar-refractivity contribution in [2.24, 2.45) is 11.7 Å². The first-order valence-corrected chi connectivity index (χ1v) is 10.1. The molecule has 1 saturated heterocycles. The van der Waals surface area contributed by atoms with Crippen LogP contribution < -0.4 is 5.73 Å². The van der Waals surface area contributed by atoms with E-state index in [9.17, 15) is 9.59 Å². The van der Waals surface area contributed by atoms with Crippen molar-refractivity contribution in [3.8, 4) is 11.6 Å². The summed E-state index contributed by atoms with van der Waals surface area (Å²) in [6.45, 7) is 1.06. The number of carbonyl (C=O) groups is 2. The van der Waals surface area contributed by atoms with Crippen LogP contribution in [-0.2, 0) is 9.59 Å². The maximum absolute atomic E-state index is 12.7. The van der Waals surface area contributed by atoms with Crippen LogP contribution in [-0.4, -0.2) is 45.5 Å². The molecule has 3 heterocycles. The lowest BCUT2D eigenvalue weighted by Crippen LogP contribution is -2.44. The van der Waals surface area contributed by atoms with Crippen molar-refractivity contribution < 1.29 is 14.0 Å². The number of carbonyl (C=O) groups excluding carboxylic acids is 2. The molecule has 1 atom stereocenters. The maximum Gasteiger partial charge on any atom is 0.233 e. The van der Waals surface area contributed by atoms with E-state index >= 15 is 0 Å². The molecule has 0 unspecified atom stereocenters. The second-order valence-electron chi connectivity index (χ2n) is 6.72. The molecule has 28 heavy (non-hydrogen) atoms. The third-order valence-corrected chi connectivity index (χ3v) is 5.79. The lowest BCUT2D eigenvalue weighted by molar-refractivity contribution is -0.132. The van der Waals surface area contributed by atoms with Gasteiger partial charge in [-0.2, -0.15) is 0 Å². The van der Waals surface area contributed by atoms with E-state index in [0.717, 1.165) is 28.8 Å². The van der Waals surface area contributed by atoms with E-state index in [2.05, 4.69) is 9.97 Å². The molecule has 2 aromatic heterocycles. The number of fused-ring (bicyclic) bond motifs is 1. The van der Waals surface area contributed by atoms with Gasteiger partial charge in [-0.3, -0.25) is 9.59 Å². The van der Waals surface area contributed by atoms with Crippen molar-refractivity contribution in [3.05, 3.63) is 42.7 Å². The Labute approximate surface area is 166 Å². The SMILES string of the molecule is NC(=O)[C@H]1CCCN(C(=O)CSc2nc(-c3ccco3)nc3ccccc23)C1. The van der Waals surface area contributed by atoms with E-state index in [0.29, 0.717) is 24.7 Å². The van der Waals surface area contributed by atoms with E-state index in [1.54, 1.807) is 23.3 Å². The highest BCUT2D eigenvalue weighted by Gasteiger charge is 2.27. The lowest BCUT2D eigenvalue weighted by Gasteiger charge is -2.31. The predicted molar refractivity (Wildman–Crippen MR) is 106 cm³/mol. The number of nitrogens with two attached hydrogens (primary N) is 1. The molecule has 0 aliphatic carbocycles. The fourth-order valence-corrected chi connectivity index (χ4v) is 4.25. The molecule has 0 bridgehead atoms. The smallest absolute Gasteiger partial charge is 0.233 e. The standard InChI is InChI=1S/C20H20N4O3S/c21-18(26)13-5-3-9-24(11-13)17(25)12-28-20-14-6-1-2-7-15(14)22-19(23-20)16-8-4-10-27-16/h1-2,4,6-8,10,13H,3,5,9,11-12H2,(H2,21,26)/t13-/m0/s1. The number of rotatable bonds is 5. The zero-order valence-electron chi connectivity index (χ0n) is 15.2. The highest BCUT2D eigenvalue weighted by molar-refractivity contribution is 8.00. The topological polar surface area (TPSA) is 102 Å². The van der Waals surface area contributed by atoms with Crippen molar-refractivity contribution in [1.82, 2.24) is 14.9 Å². The summed E-state index contributed by atoms with van der Waals surface area (Å²) in [5.41, 5.74) is 6.21. The number of piperidine rings is 1. The molecule has 7 nitrogen and oxygen atoms in total. The third kappa shape index (κ3) is 3.87. The number of primary amides is 1. The molecular weight excluding hydrogens is 376 g/mol. The molecule has 3 aromatic rings. The molecule has 1 aromatic carbocycles. The molecule has 1 aliphatic heterocycles. The molecular formula is C20H20N4O3S. The first-order chi connectivity index (χ1) is 13.6. The monoisotopic (exact) mass is 396 g/mol. The van der Waals surface area contributed by atoms with Crippen LogP contribution >= 0.6 is 11.8 Å². The molecule has 144 valence electrons. The van der Waals surface area contributed by atoms with Gasteiger partial charge in [-0.05, 0) is 31.0 Å². The average Bonchev–Trinajstić information content (AvgIpc) is 3.26. The Hall–Kier alpha value is -2.87. The van der Waals surface area contributed by atoms with Gasteiger partial charge in [0.1, 0.15) is 5.03 Å². The summed E-state index contributed by atoms with van der Waals surface area (Å²) < 4.78 is 5.43. The number of furan rings is 1. The second kappa shape index (κ2) is 8.02. The van der Waals surface area contributed by atoms with Crippen molar-refractivity contribution in [2.75, 3.05) is 18.8 Å². The molecule has 1 aliphatic rings. The minimum atomic E-state index is -0.338. The molecule has 8 heteroatoms.